The van der Waals surface area contributed by atoms with Crippen molar-refractivity contribution in [1.82, 2.24) is 15.1 Å². The quantitative estimate of drug-likeness (QED) is 0.0809. The van der Waals surface area contributed by atoms with Crippen LogP contribution in [0.5, 0.6) is 0 Å². The summed E-state index contributed by atoms with van der Waals surface area (Å²) in [6.07, 6.45) is 5.83. The third-order valence-electron chi connectivity index (χ3n) is 5.34. The van der Waals surface area contributed by atoms with Crippen molar-refractivity contribution >= 4 is 53.2 Å². The molecule has 0 spiro atoms. The van der Waals surface area contributed by atoms with Gasteiger partial charge in [-0.3, -0.25) is 19.3 Å². The number of carbonyl (C=O) groups excluding carboxylic acids is 2. The largest absolute Gasteiger partial charge is 0.478 e. The number of nitrogens with zero attached hydrogens (tertiary/aromatic N) is 4. The monoisotopic (exact) mass is 538 g/mol. The summed E-state index contributed by atoms with van der Waals surface area (Å²) in [7, 11) is 0. The summed E-state index contributed by atoms with van der Waals surface area (Å²) in [6.45, 7) is 2.58. The predicted octanol–water partition coefficient (Wildman–Crippen LogP) is 2.22. The molecular formula is C25H27ClN8O4. The topological polar surface area (TPSA) is 181 Å². The molecule has 3 aromatic rings. The van der Waals surface area contributed by atoms with E-state index in [2.05, 4.69) is 20.8 Å². The zero-order valence-electron chi connectivity index (χ0n) is 20.4. The average Bonchev–Trinajstić information content (AvgIpc) is 3.35. The van der Waals surface area contributed by atoms with Crippen molar-refractivity contribution in [2.24, 2.45) is 16.8 Å². The molecule has 2 amide bonds. The minimum Gasteiger partial charge on any atom is -0.478 e. The molecule has 1 unspecified atom stereocenters. The maximum atomic E-state index is 13.1. The van der Waals surface area contributed by atoms with Crippen LogP contribution < -0.4 is 27.3 Å². The Hall–Kier alpha value is -4.68. The van der Waals surface area contributed by atoms with Gasteiger partial charge in [-0.25, -0.2) is 10.6 Å². The van der Waals surface area contributed by atoms with Gasteiger partial charge in [-0.15, -0.1) is 0 Å². The van der Waals surface area contributed by atoms with Crippen LogP contribution in [0.15, 0.2) is 65.9 Å². The average molecular weight is 539 g/mol. The highest BCUT2D eigenvalue weighted by molar-refractivity contribution is 6.30. The van der Waals surface area contributed by atoms with Crippen molar-refractivity contribution in [3.05, 3.63) is 82.6 Å². The Morgan fingerprint density at radius 2 is 1.95 bits per heavy atom. The number of carbonyl (C=O) groups is 3. The number of halogens is 1. The molecule has 0 aliphatic heterocycles. The maximum absolute atomic E-state index is 13.1. The number of carboxylic acid groups (broad SMARTS) is 1. The molecule has 0 aliphatic rings. The summed E-state index contributed by atoms with van der Waals surface area (Å²) in [4.78, 5) is 37.1. The SMILES string of the molecule is CCn1ccc(CC(NC(=O)/C=C/c2cc(Cl)ccc2N(N)/C=N\N)C(=O)Nc2ccc(C(=O)O)cc2)n1. The molecule has 13 heteroatoms. The second-order valence-corrected chi connectivity index (χ2v) is 8.44. The number of aryl methyl sites for hydroxylation is 1. The van der Waals surface area contributed by atoms with Crippen LogP contribution in [0.25, 0.3) is 6.08 Å². The maximum Gasteiger partial charge on any atom is 0.335 e. The van der Waals surface area contributed by atoms with Gasteiger partial charge < -0.3 is 21.6 Å². The van der Waals surface area contributed by atoms with Crippen LogP contribution in [-0.4, -0.2) is 45.1 Å². The van der Waals surface area contributed by atoms with Crippen LogP contribution in [0.3, 0.4) is 0 Å². The number of carboxylic acids is 1. The Morgan fingerprint density at radius 1 is 1.21 bits per heavy atom. The Kier molecular flexibility index (Phi) is 9.57. The van der Waals surface area contributed by atoms with Crippen molar-refractivity contribution in [1.29, 1.82) is 0 Å². The van der Waals surface area contributed by atoms with Crippen molar-refractivity contribution < 1.29 is 19.5 Å². The van der Waals surface area contributed by atoms with Gasteiger partial charge in [0, 0.05) is 41.5 Å². The number of nitrogens with two attached hydrogens (primary N) is 2. The number of anilines is 2. The van der Waals surface area contributed by atoms with Gasteiger partial charge in [-0.05, 0) is 61.5 Å². The Balaban J connectivity index is 1.80. The highest BCUT2D eigenvalue weighted by atomic mass is 35.5. The van der Waals surface area contributed by atoms with Gasteiger partial charge in [0.05, 0.1) is 16.9 Å². The van der Waals surface area contributed by atoms with E-state index in [4.69, 9.17) is 28.4 Å². The van der Waals surface area contributed by atoms with E-state index in [1.165, 1.54) is 47.8 Å². The number of hydrogen-bond acceptors (Lipinski definition) is 7. The minimum absolute atomic E-state index is 0.0808. The Labute approximate surface area is 223 Å². The zero-order chi connectivity index (χ0) is 27.7. The van der Waals surface area contributed by atoms with E-state index in [1.807, 2.05) is 6.92 Å². The first-order valence-corrected chi connectivity index (χ1v) is 11.8. The first-order valence-electron chi connectivity index (χ1n) is 11.4. The van der Waals surface area contributed by atoms with E-state index >= 15 is 0 Å². The van der Waals surface area contributed by atoms with Gasteiger partial charge in [0.1, 0.15) is 12.4 Å². The number of benzene rings is 2. The molecule has 0 radical (unpaired) electrons. The van der Waals surface area contributed by atoms with Crippen molar-refractivity contribution in [3.63, 3.8) is 0 Å². The lowest BCUT2D eigenvalue weighted by Crippen LogP contribution is -2.44. The van der Waals surface area contributed by atoms with E-state index in [0.29, 0.717) is 34.2 Å². The molecule has 0 saturated carbocycles. The number of hydrazine groups is 1. The molecule has 0 saturated heterocycles. The highest BCUT2D eigenvalue weighted by Crippen LogP contribution is 2.23. The fourth-order valence-electron chi connectivity index (χ4n) is 3.45. The molecule has 0 bridgehead atoms. The van der Waals surface area contributed by atoms with Crippen LogP contribution in [-0.2, 0) is 22.6 Å². The normalized spacial score (nSPS) is 12.0. The molecule has 3 rings (SSSR count). The molecule has 7 N–H and O–H groups in total. The molecule has 0 fully saturated rings. The summed E-state index contributed by atoms with van der Waals surface area (Å²) < 4.78 is 1.71. The van der Waals surface area contributed by atoms with Gasteiger partial charge in [0.2, 0.25) is 11.8 Å². The lowest BCUT2D eigenvalue weighted by molar-refractivity contribution is -0.123. The van der Waals surface area contributed by atoms with Crippen LogP contribution in [0.1, 0.15) is 28.5 Å². The van der Waals surface area contributed by atoms with E-state index < -0.39 is 23.8 Å². The van der Waals surface area contributed by atoms with Crippen molar-refractivity contribution in [2.45, 2.75) is 25.9 Å². The van der Waals surface area contributed by atoms with E-state index in [0.717, 1.165) is 0 Å². The van der Waals surface area contributed by atoms with Crippen LogP contribution >= 0.6 is 11.6 Å². The van der Waals surface area contributed by atoms with Gasteiger partial charge in [0.25, 0.3) is 0 Å². The van der Waals surface area contributed by atoms with E-state index in [1.54, 1.807) is 35.1 Å². The van der Waals surface area contributed by atoms with Crippen molar-refractivity contribution in [3.8, 4) is 0 Å². The van der Waals surface area contributed by atoms with Crippen LogP contribution in [0, 0.1) is 0 Å². The van der Waals surface area contributed by atoms with Crippen molar-refractivity contribution in [2.75, 3.05) is 10.3 Å². The molecule has 1 aromatic heterocycles. The Morgan fingerprint density at radius 3 is 2.58 bits per heavy atom. The zero-order valence-corrected chi connectivity index (χ0v) is 21.2. The van der Waals surface area contributed by atoms with Gasteiger partial charge in [-0.1, -0.05) is 11.6 Å². The molecule has 0 aliphatic carbocycles. The lowest BCUT2D eigenvalue weighted by Gasteiger charge is -2.17. The minimum atomic E-state index is -1.08. The number of hydrogen-bond donors (Lipinski definition) is 5. The third kappa shape index (κ3) is 7.66. The standard InChI is InChI=1S/C25H27ClN8O4/c1-2-33-12-11-20(32-33)14-21(24(36)30-19-7-3-16(4-8-19)25(37)38)31-23(35)10-5-17-13-18(26)6-9-22(17)34(28)15-29-27/h3-13,15,21H,2,14,27-28H2,1H3,(H,30,36)(H,31,35)(H,37,38)/b10-5+,29-15-. The fraction of sp³-hybridized carbons (Fsp3) is 0.160. The number of aromatic carboxylic acids is 1. The van der Waals surface area contributed by atoms with Gasteiger partial charge in [-0.2, -0.15) is 10.2 Å². The number of aromatic nitrogens is 2. The van der Waals surface area contributed by atoms with Gasteiger partial charge in [0.15, 0.2) is 0 Å². The Bertz CT molecular complexity index is 1350. The second kappa shape index (κ2) is 13.0. The molecule has 2 aromatic carbocycles. The first kappa shape index (κ1) is 27.9. The van der Waals surface area contributed by atoms with Crippen LogP contribution in [0.2, 0.25) is 5.02 Å². The molecule has 1 atom stereocenters. The number of amides is 2. The summed E-state index contributed by atoms with van der Waals surface area (Å²) in [6, 6.07) is 11.3. The summed E-state index contributed by atoms with van der Waals surface area (Å²) >= 11 is 6.10. The van der Waals surface area contributed by atoms with Gasteiger partial charge >= 0.3 is 5.97 Å². The van der Waals surface area contributed by atoms with E-state index in [9.17, 15) is 14.4 Å². The third-order valence-corrected chi connectivity index (χ3v) is 5.57. The number of rotatable bonds is 11. The summed E-state index contributed by atoms with van der Waals surface area (Å²) in [5.74, 6) is 8.95. The van der Waals surface area contributed by atoms with E-state index in [-0.39, 0.29) is 12.0 Å². The molecule has 12 nitrogen and oxygen atoms in total. The lowest BCUT2D eigenvalue weighted by atomic mass is 10.1. The smallest absolute Gasteiger partial charge is 0.335 e. The second-order valence-electron chi connectivity index (χ2n) is 8.01. The molecule has 38 heavy (non-hydrogen) atoms. The molecular weight excluding hydrogens is 512 g/mol. The summed E-state index contributed by atoms with van der Waals surface area (Å²) in [5, 5.41) is 23.8. The highest BCUT2D eigenvalue weighted by Gasteiger charge is 2.22. The predicted molar refractivity (Wildman–Crippen MR) is 145 cm³/mol. The fourth-order valence-corrected chi connectivity index (χ4v) is 3.63. The van der Waals surface area contributed by atoms with Crippen LogP contribution in [0.4, 0.5) is 11.4 Å². The molecule has 198 valence electrons. The number of hydrazone groups is 1. The first-order chi connectivity index (χ1) is 18.2. The summed E-state index contributed by atoms with van der Waals surface area (Å²) in [5.41, 5.74) is 2.06. The number of nitrogens with one attached hydrogen (secondary N) is 2. The molecule has 1 heterocycles.